The average molecular weight is 297 g/mol. The van der Waals surface area contributed by atoms with Gasteiger partial charge in [0.1, 0.15) is 5.01 Å². The van der Waals surface area contributed by atoms with Gasteiger partial charge in [0.15, 0.2) is 0 Å². The third-order valence-electron chi connectivity index (χ3n) is 3.81. The van der Waals surface area contributed by atoms with Crippen LogP contribution in [-0.4, -0.2) is 60.3 Å². The molecule has 0 radical (unpaired) electrons. The van der Waals surface area contributed by atoms with Gasteiger partial charge in [0.05, 0.1) is 6.54 Å². The Hall–Kier alpha value is -0.720. The third kappa shape index (κ3) is 5.00. The van der Waals surface area contributed by atoms with E-state index < -0.39 is 0 Å². The van der Waals surface area contributed by atoms with E-state index in [1.807, 2.05) is 0 Å². The monoisotopic (exact) mass is 297 g/mol. The predicted molar refractivity (Wildman–Crippen MR) is 85.2 cm³/mol. The molecule has 1 fully saturated rings. The van der Waals surface area contributed by atoms with Gasteiger partial charge in [0, 0.05) is 13.1 Å². The molecule has 0 spiro atoms. The highest BCUT2D eigenvalue weighted by molar-refractivity contribution is 7.15. The Morgan fingerprint density at radius 1 is 1.35 bits per heavy atom. The molecule has 0 bridgehead atoms. The van der Waals surface area contributed by atoms with E-state index in [0.29, 0.717) is 0 Å². The minimum absolute atomic E-state index is 0.835. The highest BCUT2D eigenvalue weighted by Gasteiger charge is 2.18. The van der Waals surface area contributed by atoms with Gasteiger partial charge in [-0.2, -0.15) is 0 Å². The number of anilines is 1. The summed E-state index contributed by atoms with van der Waals surface area (Å²) in [7, 11) is 4.41. The lowest BCUT2D eigenvalue weighted by Gasteiger charge is -2.31. The second-order valence-corrected chi connectivity index (χ2v) is 6.93. The molecule has 6 heteroatoms. The SMILES string of the molecule is CCCNc1nnc(CN(C)CC2CCN(C)CC2)s1. The molecule has 1 aromatic heterocycles. The molecule has 114 valence electrons. The summed E-state index contributed by atoms with van der Waals surface area (Å²) in [5.74, 6) is 0.835. The standard InChI is InChI=1S/C14H27N5S/c1-4-7-15-14-17-16-13(20-14)11-19(3)10-12-5-8-18(2)9-6-12/h12H,4-11H2,1-3H3,(H,15,17). The first kappa shape index (κ1) is 15.7. The molecule has 2 heterocycles. The molecule has 0 saturated carbocycles. The molecule has 1 saturated heterocycles. The summed E-state index contributed by atoms with van der Waals surface area (Å²) in [4.78, 5) is 4.81. The fourth-order valence-electron chi connectivity index (χ4n) is 2.60. The summed E-state index contributed by atoms with van der Waals surface area (Å²) in [6, 6.07) is 0. The van der Waals surface area contributed by atoms with Crippen molar-refractivity contribution in [2.45, 2.75) is 32.7 Å². The molecule has 20 heavy (non-hydrogen) atoms. The van der Waals surface area contributed by atoms with Gasteiger partial charge in [0.2, 0.25) is 5.13 Å². The number of aromatic nitrogens is 2. The molecule has 1 aliphatic rings. The first-order valence-electron chi connectivity index (χ1n) is 7.60. The molecule has 1 N–H and O–H groups in total. The number of rotatable bonds is 7. The van der Waals surface area contributed by atoms with E-state index in [1.165, 1.54) is 32.5 Å². The van der Waals surface area contributed by atoms with Crippen LogP contribution in [0.15, 0.2) is 0 Å². The minimum Gasteiger partial charge on any atom is -0.360 e. The number of nitrogens with one attached hydrogen (secondary N) is 1. The zero-order valence-electron chi connectivity index (χ0n) is 12.9. The minimum atomic E-state index is 0.835. The summed E-state index contributed by atoms with van der Waals surface area (Å²) >= 11 is 1.68. The Morgan fingerprint density at radius 3 is 2.80 bits per heavy atom. The van der Waals surface area contributed by atoms with Crippen molar-refractivity contribution in [1.29, 1.82) is 0 Å². The van der Waals surface area contributed by atoms with Gasteiger partial charge in [-0.05, 0) is 52.4 Å². The summed E-state index contributed by atoms with van der Waals surface area (Å²) in [6.07, 6.45) is 3.76. The van der Waals surface area contributed by atoms with Crippen molar-refractivity contribution in [3.8, 4) is 0 Å². The molecule has 2 rings (SSSR count). The molecule has 0 aromatic carbocycles. The largest absolute Gasteiger partial charge is 0.360 e. The van der Waals surface area contributed by atoms with E-state index in [-0.39, 0.29) is 0 Å². The second kappa shape index (κ2) is 7.90. The van der Waals surface area contributed by atoms with Gasteiger partial charge in [-0.1, -0.05) is 18.3 Å². The maximum atomic E-state index is 4.27. The summed E-state index contributed by atoms with van der Waals surface area (Å²) in [5.41, 5.74) is 0. The van der Waals surface area contributed by atoms with Gasteiger partial charge in [-0.25, -0.2) is 0 Å². The quantitative estimate of drug-likeness (QED) is 0.835. The maximum absolute atomic E-state index is 4.27. The Labute approximate surface area is 126 Å². The van der Waals surface area contributed by atoms with E-state index >= 15 is 0 Å². The van der Waals surface area contributed by atoms with Crippen LogP contribution in [0.2, 0.25) is 0 Å². The van der Waals surface area contributed by atoms with Crippen LogP contribution >= 0.6 is 11.3 Å². The highest BCUT2D eigenvalue weighted by atomic mass is 32.1. The Bertz CT molecular complexity index is 387. The van der Waals surface area contributed by atoms with E-state index in [2.05, 4.69) is 46.3 Å². The summed E-state index contributed by atoms with van der Waals surface area (Å²) in [5, 5.41) is 13.8. The van der Waals surface area contributed by atoms with Gasteiger partial charge in [0.25, 0.3) is 0 Å². The van der Waals surface area contributed by atoms with Gasteiger partial charge >= 0.3 is 0 Å². The van der Waals surface area contributed by atoms with Crippen LogP contribution in [0.5, 0.6) is 0 Å². The van der Waals surface area contributed by atoms with Gasteiger partial charge < -0.3 is 10.2 Å². The first-order chi connectivity index (χ1) is 9.67. The molecular weight excluding hydrogens is 270 g/mol. The Kier molecular flexibility index (Phi) is 6.19. The number of piperidine rings is 1. The van der Waals surface area contributed by atoms with Crippen molar-refractivity contribution in [1.82, 2.24) is 20.0 Å². The van der Waals surface area contributed by atoms with Crippen molar-refractivity contribution in [2.24, 2.45) is 5.92 Å². The predicted octanol–water partition coefficient (Wildman–Crippen LogP) is 2.13. The van der Waals surface area contributed by atoms with Gasteiger partial charge in [-0.3, -0.25) is 4.90 Å². The van der Waals surface area contributed by atoms with Crippen molar-refractivity contribution in [3.05, 3.63) is 5.01 Å². The van der Waals surface area contributed by atoms with Crippen LogP contribution < -0.4 is 5.32 Å². The van der Waals surface area contributed by atoms with Crippen molar-refractivity contribution < 1.29 is 0 Å². The fraction of sp³-hybridized carbons (Fsp3) is 0.857. The maximum Gasteiger partial charge on any atom is 0.205 e. The Balaban J connectivity index is 1.73. The molecule has 0 aliphatic carbocycles. The van der Waals surface area contributed by atoms with E-state index in [4.69, 9.17) is 0 Å². The van der Waals surface area contributed by atoms with Crippen molar-refractivity contribution >= 4 is 16.5 Å². The molecule has 0 unspecified atom stereocenters. The third-order valence-corrected chi connectivity index (χ3v) is 4.67. The molecular formula is C14H27N5S. The van der Waals surface area contributed by atoms with Crippen molar-refractivity contribution in [3.63, 3.8) is 0 Å². The topological polar surface area (TPSA) is 44.3 Å². The number of likely N-dealkylation sites (tertiary alicyclic amines) is 1. The lowest BCUT2D eigenvalue weighted by molar-refractivity contribution is 0.173. The summed E-state index contributed by atoms with van der Waals surface area (Å²) < 4.78 is 0. The van der Waals surface area contributed by atoms with Crippen LogP contribution in [0.25, 0.3) is 0 Å². The highest BCUT2D eigenvalue weighted by Crippen LogP contribution is 2.20. The van der Waals surface area contributed by atoms with Crippen LogP contribution in [0, 0.1) is 5.92 Å². The van der Waals surface area contributed by atoms with E-state index in [9.17, 15) is 0 Å². The van der Waals surface area contributed by atoms with Crippen LogP contribution in [0.3, 0.4) is 0 Å². The van der Waals surface area contributed by atoms with Crippen LogP contribution in [-0.2, 0) is 6.54 Å². The first-order valence-corrected chi connectivity index (χ1v) is 8.42. The zero-order valence-corrected chi connectivity index (χ0v) is 13.7. The van der Waals surface area contributed by atoms with Crippen LogP contribution in [0.4, 0.5) is 5.13 Å². The number of nitrogens with zero attached hydrogens (tertiary/aromatic N) is 4. The molecule has 5 nitrogen and oxygen atoms in total. The van der Waals surface area contributed by atoms with E-state index in [1.54, 1.807) is 11.3 Å². The zero-order chi connectivity index (χ0) is 14.4. The number of hydrogen-bond donors (Lipinski definition) is 1. The fourth-order valence-corrected chi connectivity index (χ4v) is 3.45. The normalized spacial score (nSPS) is 17.8. The van der Waals surface area contributed by atoms with Crippen molar-refractivity contribution in [2.75, 3.05) is 45.6 Å². The smallest absolute Gasteiger partial charge is 0.205 e. The van der Waals surface area contributed by atoms with E-state index in [0.717, 1.165) is 35.6 Å². The van der Waals surface area contributed by atoms with Crippen LogP contribution in [0.1, 0.15) is 31.2 Å². The molecule has 1 aliphatic heterocycles. The second-order valence-electron chi connectivity index (χ2n) is 5.87. The lowest BCUT2D eigenvalue weighted by atomic mass is 9.97. The Morgan fingerprint density at radius 2 is 2.10 bits per heavy atom. The molecule has 1 aromatic rings. The lowest BCUT2D eigenvalue weighted by Crippen LogP contribution is -2.35. The molecule has 0 atom stereocenters. The molecule has 0 amide bonds. The number of hydrogen-bond acceptors (Lipinski definition) is 6. The average Bonchev–Trinajstić information content (AvgIpc) is 2.86. The van der Waals surface area contributed by atoms with Gasteiger partial charge in [-0.15, -0.1) is 10.2 Å². The summed E-state index contributed by atoms with van der Waals surface area (Å²) in [6.45, 7) is 7.69.